The molecule has 21 heavy (non-hydrogen) atoms. The van der Waals surface area contributed by atoms with Gasteiger partial charge >= 0.3 is 0 Å². The third-order valence-electron chi connectivity index (χ3n) is 4.57. The quantitative estimate of drug-likeness (QED) is 0.744. The van der Waals surface area contributed by atoms with E-state index in [1.807, 2.05) is 13.8 Å². The van der Waals surface area contributed by atoms with Crippen LogP contribution < -0.4 is 0 Å². The zero-order valence-electron chi connectivity index (χ0n) is 14.6. The number of ketones is 2. The van der Waals surface area contributed by atoms with Crippen LogP contribution >= 0.6 is 0 Å². The lowest BCUT2D eigenvalue weighted by molar-refractivity contribution is -0.144. The van der Waals surface area contributed by atoms with Gasteiger partial charge in [-0.2, -0.15) is 0 Å². The predicted octanol–water partition coefficient (Wildman–Crippen LogP) is 3.96. The molecule has 0 saturated heterocycles. The van der Waals surface area contributed by atoms with Crippen molar-refractivity contribution in [2.45, 2.75) is 66.9 Å². The predicted molar refractivity (Wildman–Crippen MR) is 85.1 cm³/mol. The molecule has 0 aromatic carbocycles. The molecule has 0 saturated carbocycles. The average Bonchev–Trinajstić information content (AvgIpc) is 2.36. The summed E-state index contributed by atoms with van der Waals surface area (Å²) in [5.74, 6) is 1.27. The highest BCUT2D eigenvalue weighted by Gasteiger charge is 2.47. The first kappa shape index (κ1) is 18.1. The largest absolute Gasteiger partial charge is 0.372 e. The van der Waals surface area contributed by atoms with Gasteiger partial charge in [0.15, 0.2) is 11.6 Å². The molecule has 1 rings (SSSR count). The maximum absolute atomic E-state index is 12.7. The molecule has 120 valence electrons. The van der Waals surface area contributed by atoms with Gasteiger partial charge in [-0.1, -0.05) is 20.8 Å². The van der Waals surface area contributed by atoms with Crippen molar-refractivity contribution < 1.29 is 14.3 Å². The molecule has 0 heterocycles. The monoisotopic (exact) mass is 294 g/mol. The Morgan fingerprint density at radius 3 is 2.24 bits per heavy atom. The molecule has 1 aliphatic rings. The van der Waals surface area contributed by atoms with Crippen LogP contribution in [0.2, 0.25) is 0 Å². The summed E-state index contributed by atoms with van der Waals surface area (Å²) in [5, 5.41) is 0. The second kappa shape index (κ2) is 6.87. The first-order valence-electron chi connectivity index (χ1n) is 7.94. The molecule has 2 atom stereocenters. The molecule has 0 bridgehead atoms. The Kier molecular flexibility index (Phi) is 5.92. The van der Waals surface area contributed by atoms with Gasteiger partial charge in [-0.3, -0.25) is 9.59 Å². The summed E-state index contributed by atoms with van der Waals surface area (Å²) in [7, 11) is 1.50. The molecule has 0 N–H and O–H groups in total. The van der Waals surface area contributed by atoms with E-state index in [0.29, 0.717) is 29.4 Å². The van der Waals surface area contributed by atoms with Crippen molar-refractivity contribution in [3.63, 3.8) is 0 Å². The van der Waals surface area contributed by atoms with Crippen molar-refractivity contribution in [1.82, 2.24) is 0 Å². The summed E-state index contributed by atoms with van der Waals surface area (Å²) in [6.07, 6.45) is 2.15. The standard InChI is InChI=1S/C18H30O3/c1-11(2)10-12(3)8-9-14-13(4)15(19)17(21-7)18(5,6)16(14)20/h11-12,17H,8-10H2,1-7H3. The summed E-state index contributed by atoms with van der Waals surface area (Å²) in [6, 6.07) is 0. The average molecular weight is 294 g/mol. The van der Waals surface area contributed by atoms with Gasteiger partial charge in [0.1, 0.15) is 6.10 Å². The maximum atomic E-state index is 12.7. The summed E-state index contributed by atoms with van der Waals surface area (Å²) in [5.41, 5.74) is 0.555. The first-order valence-corrected chi connectivity index (χ1v) is 7.94. The third kappa shape index (κ3) is 3.82. The number of hydrogen-bond acceptors (Lipinski definition) is 3. The fraction of sp³-hybridized carbons (Fsp3) is 0.778. The summed E-state index contributed by atoms with van der Waals surface area (Å²) < 4.78 is 5.28. The van der Waals surface area contributed by atoms with Crippen molar-refractivity contribution in [2.24, 2.45) is 17.3 Å². The van der Waals surface area contributed by atoms with Gasteiger partial charge in [0.2, 0.25) is 0 Å². The van der Waals surface area contributed by atoms with Gasteiger partial charge in [0.05, 0.1) is 5.41 Å². The number of ether oxygens (including phenoxy) is 1. The molecule has 0 aromatic rings. The number of hydrogen-bond donors (Lipinski definition) is 0. The normalized spacial score (nSPS) is 23.9. The van der Waals surface area contributed by atoms with Crippen LogP contribution in [-0.4, -0.2) is 24.8 Å². The van der Waals surface area contributed by atoms with Crippen molar-refractivity contribution in [1.29, 1.82) is 0 Å². The highest BCUT2D eigenvalue weighted by molar-refractivity contribution is 6.16. The number of carbonyl (C=O) groups excluding carboxylic acids is 2. The minimum absolute atomic E-state index is 0.0337. The number of allylic oxidation sites excluding steroid dienone is 1. The van der Waals surface area contributed by atoms with Crippen molar-refractivity contribution >= 4 is 11.6 Å². The first-order chi connectivity index (χ1) is 9.62. The molecule has 3 nitrogen and oxygen atoms in total. The number of rotatable bonds is 6. The highest BCUT2D eigenvalue weighted by Crippen LogP contribution is 2.37. The summed E-state index contributed by atoms with van der Waals surface area (Å²) >= 11 is 0. The van der Waals surface area contributed by atoms with E-state index in [9.17, 15) is 9.59 Å². The SMILES string of the molecule is COC1C(=O)C(C)=C(CCC(C)CC(C)C)C(=O)C1(C)C. The van der Waals surface area contributed by atoms with E-state index in [2.05, 4.69) is 20.8 Å². The van der Waals surface area contributed by atoms with Crippen molar-refractivity contribution in [2.75, 3.05) is 7.11 Å². The zero-order valence-corrected chi connectivity index (χ0v) is 14.6. The maximum Gasteiger partial charge on any atom is 0.188 e. The molecular formula is C18H30O3. The number of carbonyl (C=O) groups is 2. The Balaban J connectivity index is 2.92. The number of methoxy groups -OCH3 is 1. The summed E-state index contributed by atoms with van der Waals surface area (Å²) in [4.78, 5) is 25.1. The fourth-order valence-corrected chi connectivity index (χ4v) is 3.37. The molecule has 0 amide bonds. The Morgan fingerprint density at radius 1 is 1.19 bits per heavy atom. The molecule has 0 radical (unpaired) electrons. The van der Waals surface area contributed by atoms with E-state index in [1.165, 1.54) is 7.11 Å². The van der Waals surface area contributed by atoms with Gasteiger partial charge in [-0.05, 0) is 51.9 Å². The Morgan fingerprint density at radius 2 is 1.76 bits per heavy atom. The Bertz CT molecular complexity index is 443. The van der Waals surface area contributed by atoms with Crippen LogP contribution in [0.3, 0.4) is 0 Å². The second-order valence-corrected chi connectivity index (χ2v) is 7.41. The van der Waals surface area contributed by atoms with E-state index >= 15 is 0 Å². The summed E-state index contributed by atoms with van der Waals surface area (Å²) in [6.45, 7) is 12.0. The Labute approximate surface area is 129 Å². The van der Waals surface area contributed by atoms with Crippen LogP contribution in [-0.2, 0) is 14.3 Å². The van der Waals surface area contributed by atoms with E-state index in [4.69, 9.17) is 4.74 Å². The van der Waals surface area contributed by atoms with Gasteiger partial charge < -0.3 is 4.74 Å². The van der Waals surface area contributed by atoms with Crippen LogP contribution in [0.5, 0.6) is 0 Å². The van der Waals surface area contributed by atoms with E-state index in [0.717, 1.165) is 12.8 Å². The van der Waals surface area contributed by atoms with Gasteiger partial charge in [0, 0.05) is 18.3 Å². The molecule has 1 aliphatic carbocycles. The minimum Gasteiger partial charge on any atom is -0.372 e. The molecular weight excluding hydrogens is 264 g/mol. The fourth-order valence-electron chi connectivity index (χ4n) is 3.37. The molecule has 0 aromatic heterocycles. The van der Waals surface area contributed by atoms with Crippen LogP contribution in [0.1, 0.15) is 60.8 Å². The van der Waals surface area contributed by atoms with Crippen molar-refractivity contribution in [3.8, 4) is 0 Å². The van der Waals surface area contributed by atoms with Gasteiger partial charge in [-0.25, -0.2) is 0 Å². The highest BCUT2D eigenvalue weighted by atomic mass is 16.5. The van der Waals surface area contributed by atoms with E-state index < -0.39 is 11.5 Å². The molecule has 0 aliphatic heterocycles. The third-order valence-corrected chi connectivity index (χ3v) is 4.57. The van der Waals surface area contributed by atoms with Gasteiger partial charge in [-0.15, -0.1) is 0 Å². The lowest BCUT2D eigenvalue weighted by atomic mass is 9.69. The van der Waals surface area contributed by atoms with Crippen LogP contribution in [0.15, 0.2) is 11.1 Å². The molecule has 3 heteroatoms. The van der Waals surface area contributed by atoms with Crippen LogP contribution in [0.25, 0.3) is 0 Å². The lowest BCUT2D eigenvalue weighted by Crippen LogP contribution is -2.49. The molecule has 0 spiro atoms. The van der Waals surface area contributed by atoms with Crippen LogP contribution in [0, 0.1) is 17.3 Å². The molecule has 0 fully saturated rings. The van der Waals surface area contributed by atoms with Crippen LogP contribution in [0.4, 0.5) is 0 Å². The topological polar surface area (TPSA) is 43.4 Å². The number of Topliss-reactive ketones (excluding diaryl/α,β-unsaturated/α-hetero) is 2. The van der Waals surface area contributed by atoms with E-state index in [-0.39, 0.29) is 11.6 Å². The molecule has 2 unspecified atom stereocenters. The second-order valence-electron chi connectivity index (χ2n) is 7.41. The zero-order chi connectivity index (χ0) is 16.4. The van der Waals surface area contributed by atoms with Crippen molar-refractivity contribution in [3.05, 3.63) is 11.1 Å². The lowest BCUT2D eigenvalue weighted by Gasteiger charge is -2.36. The van der Waals surface area contributed by atoms with E-state index in [1.54, 1.807) is 6.92 Å². The minimum atomic E-state index is -0.762. The smallest absolute Gasteiger partial charge is 0.188 e. The van der Waals surface area contributed by atoms with Gasteiger partial charge in [0.25, 0.3) is 0 Å². The Hall–Kier alpha value is -0.960.